The first kappa shape index (κ1) is 13.8. The number of likely N-dealkylation sites (N-methyl/N-ethyl adjacent to an activating group) is 1. The molecule has 0 radical (unpaired) electrons. The van der Waals surface area contributed by atoms with Crippen LogP contribution in [0.3, 0.4) is 0 Å². The van der Waals surface area contributed by atoms with E-state index in [9.17, 15) is 8.42 Å². The molecule has 0 rings (SSSR count). The van der Waals surface area contributed by atoms with Crippen LogP contribution >= 0.6 is 0 Å². The van der Waals surface area contributed by atoms with Crippen molar-refractivity contribution >= 4 is 10.0 Å². The molecule has 0 aliphatic heterocycles. The van der Waals surface area contributed by atoms with Crippen LogP contribution in [0.5, 0.6) is 0 Å². The summed E-state index contributed by atoms with van der Waals surface area (Å²) in [7, 11) is 0.610. The molecule has 0 amide bonds. The molecule has 14 heavy (non-hydrogen) atoms. The monoisotopic (exact) mass is 223 g/mol. The molecular formula is C8H21N3O2S. The zero-order valence-electron chi connectivity index (χ0n) is 9.21. The first-order valence-electron chi connectivity index (χ1n) is 4.82. The van der Waals surface area contributed by atoms with E-state index in [0.29, 0.717) is 13.1 Å². The zero-order valence-corrected chi connectivity index (χ0v) is 10.0. The Hall–Kier alpha value is -0.170. The summed E-state index contributed by atoms with van der Waals surface area (Å²) in [6, 6.07) is 0. The summed E-state index contributed by atoms with van der Waals surface area (Å²) in [5.41, 5.74) is 0. The summed E-state index contributed by atoms with van der Waals surface area (Å²) < 4.78 is 25.1. The van der Waals surface area contributed by atoms with Crippen LogP contribution in [0.4, 0.5) is 0 Å². The largest absolute Gasteiger partial charge is 0.319 e. The average molecular weight is 223 g/mol. The van der Waals surface area contributed by atoms with Crippen molar-refractivity contribution in [1.82, 2.24) is 14.9 Å². The van der Waals surface area contributed by atoms with E-state index in [1.807, 2.05) is 14.0 Å². The molecule has 0 aromatic rings. The van der Waals surface area contributed by atoms with Gasteiger partial charge in [-0.3, -0.25) is 0 Å². The molecule has 0 unspecified atom stereocenters. The minimum Gasteiger partial charge on any atom is -0.319 e. The fourth-order valence-electron chi connectivity index (χ4n) is 0.859. The van der Waals surface area contributed by atoms with Gasteiger partial charge in [-0.2, -0.15) is 0 Å². The zero-order chi connectivity index (χ0) is 11.0. The highest BCUT2D eigenvalue weighted by atomic mass is 32.2. The molecule has 0 spiro atoms. The van der Waals surface area contributed by atoms with E-state index in [1.165, 1.54) is 0 Å². The Balaban J connectivity index is 3.66. The lowest BCUT2D eigenvalue weighted by Gasteiger charge is -2.13. The predicted octanol–water partition coefficient (Wildman–Crippen LogP) is -0.923. The van der Waals surface area contributed by atoms with Crippen molar-refractivity contribution in [2.45, 2.75) is 6.92 Å². The van der Waals surface area contributed by atoms with Crippen molar-refractivity contribution in [3.63, 3.8) is 0 Å². The number of hydrogen-bond donors (Lipinski definition) is 2. The molecule has 0 saturated carbocycles. The summed E-state index contributed by atoms with van der Waals surface area (Å²) in [5, 5.41) is 2.80. The first-order valence-corrected chi connectivity index (χ1v) is 6.47. The molecule has 5 nitrogen and oxygen atoms in total. The van der Waals surface area contributed by atoms with Crippen LogP contribution in [0.2, 0.25) is 0 Å². The topological polar surface area (TPSA) is 61.4 Å². The lowest BCUT2D eigenvalue weighted by Crippen LogP contribution is -2.36. The van der Waals surface area contributed by atoms with Gasteiger partial charge in [0.15, 0.2) is 0 Å². The molecule has 0 aromatic heterocycles. The second-order valence-corrected chi connectivity index (χ2v) is 5.14. The van der Waals surface area contributed by atoms with E-state index in [2.05, 4.69) is 14.9 Å². The Kier molecular flexibility index (Phi) is 7.08. The van der Waals surface area contributed by atoms with Crippen LogP contribution in [0.1, 0.15) is 6.92 Å². The van der Waals surface area contributed by atoms with Gasteiger partial charge in [-0.15, -0.1) is 0 Å². The SMILES string of the molecule is CCN(C)CCNS(=O)(=O)CCNC. The van der Waals surface area contributed by atoms with Gasteiger partial charge < -0.3 is 10.2 Å². The third-order valence-corrected chi connectivity index (χ3v) is 3.36. The Labute approximate surface area is 86.9 Å². The smallest absolute Gasteiger partial charge is 0.212 e. The molecule has 0 aliphatic carbocycles. The Morgan fingerprint density at radius 1 is 1.29 bits per heavy atom. The van der Waals surface area contributed by atoms with Crippen LogP contribution in [0.15, 0.2) is 0 Å². The van der Waals surface area contributed by atoms with Crippen molar-refractivity contribution < 1.29 is 8.42 Å². The second-order valence-electron chi connectivity index (χ2n) is 3.21. The van der Waals surface area contributed by atoms with E-state index in [1.54, 1.807) is 7.05 Å². The van der Waals surface area contributed by atoms with Gasteiger partial charge in [-0.1, -0.05) is 6.92 Å². The maximum absolute atomic E-state index is 11.3. The molecule has 0 atom stereocenters. The van der Waals surface area contributed by atoms with E-state index >= 15 is 0 Å². The highest BCUT2D eigenvalue weighted by Gasteiger charge is 2.08. The minimum atomic E-state index is -3.09. The van der Waals surface area contributed by atoms with E-state index in [4.69, 9.17) is 0 Å². The number of sulfonamides is 1. The summed E-state index contributed by atoms with van der Waals surface area (Å²) in [6.45, 7) is 4.68. The second kappa shape index (κ2) is 7.17. The van der Waals surface area contributed by atoms with Gasteiger partial charge in [0.25, 0.3) is 0 Å². The van der Waals surface area contributed by atoms with Crippen molar-refractivity contribution in [3.8, 4) is 0 Å². The highest BCUT2D eigenvalue weighted by Crippen LogP contribution is 1.84. The van der Waals surface area contributed by atoms with E-state index in [0.717, 1.165) is 13.1 Å². The molecule has 0 fully saturated rings. The summed E-state index contributed by atoms with van der Waals surface area (Å²) in [5.74, 6) is 0.138. The third-order valence-electron chi connectivity index (χ3n) is 1.98. The van der Waals surface area contributed by atoms with Crippen molar-refractivity contribution in [2.24, 2.45) is 0 Å². The van der Waals surface area contributed by atoms with Gasteiger partial charge in [0.1, 0.15) is 0 Å². The molecule has 86 valence electrons. The molecule has 6 heteroatoms. The van der Waals surface area contributed by atoms with Crippen LogP contribution in [-0.2, 0) is 10.0 Å². The van der Waals surface area contributed by atoms with Crippen LogP contribution in [0, 0.1) is 0 Å². The summed E-state index contributed by atoms with van der Waals surface area (Å²) in [6.07, 6.45) is 0. The normalized spacial score (nSPS) is 12.3. The maximum Gasteiger partial charge on any atom is 0.212 e. The Morgan fingerprint density at radius 2 is 1.93 bits per heavy atom. The standard InChI is InChI=1S/C8H21N3O2S/c1-4-11(3)7-5-10-14(12,13)8-6-9-2/h9-10H,4-8H2,1-3H3. The highest BCUT2D eigenvalue weighted by molar-refractivity contribution is 7.89. The summed E-state index contributed by atoms with van der Waals surface area (Å²) in [4.78, 5) is 2.06. The minimum absolute atomic E-state index is 0.138. The van der Waals surface area contributed by atoms with Gasteiger partial charge in [-0.25, -0.2) is 13.1 Å². The number of rotatable bonds is 8. The van der Waals surface area contributed by atoms with Gasteiger partial charge in [-0.05, 0) is 20.6 Å². The number of hydrogen-bond acceptors (Lipinski definition) is 4. The lowest BCUT2D eigenvalue weighted by molar-refractivity contribution is 0.358. The fourth-order valence-corrected chi connectivity index (χ4v) is 1.88. The van der Waals surface area contributed by atoms with E-state index in [-0.39, 0.29) is 5.75 Å². The molecule has 0 heterocycles. The molecule has 0 aliphatic rings. The molecule has 0 aromatic carbocycles. The van der Waals surface area contributed by atoms with Crippen molar-refractivity contribution in [2.75, 3.05) is 46.0 Å². The van der Waals surface area contributed by atoms with Crippen LogP contribution < -0.4 is 10.0 Å². The average Bonchev–Trinajstić information content (AvgIpc) is 2.14. The van der Waals surface area contributed by atoms with Crippen molar-refractivity contribution in [3.05, 3.63) is 0 Å². The fraction of sp³-hybridized carbons (Fsp3) is 1.00. The summed E-state index contributed by atoms with van der Waals surface area (Å²) >= 11 is 0. The van der Waals surface area contributed by atoms with Crippen LogP contribution in [0.25, 0.3) is 0 Å². The van der Waals surface area contributed by atoms with Gasteiger partial charge in [0.05, 0.1) is 5.75 Å². The third kappa shape index (κ3) is 7.25. The molecule has 0 saturated heterocycles. The molecule has 2 N–H and O–H groups in total. The quantitative estimate of drug-likeness (QED) is 0.558. The molecule has 0 bridgehead atoms. The molecular weight excluding hydrogens is 202 g/mol. The van der Waals surface area contributed by atoms with Gasteiger partial charge in [0, 0.05) is 19.6 Å². The van der Waals surface area contributed by atoms with E-state index < -0.39 is 10.0 Å². The maximum atomic E-state index is 11.3. The Bertz CT molecular complexity index is 229. The number of nitrogens with zero attached hydrogens (tertiary/aromatic N) is 1. The first-order chi connectivity index (χ1) is 6.52. The number of nitrogens with one attached hydrogen (secondary N) is 2. The Morgan fingerprint density at radius 3 is 2.43 bits per heavy atom. The van der Waals surface area contributed by atoms with Crippen LogP contribution in [-0.4, -0.2) is 59.3 Å². The van der Waals surface area contributed by atoms with Gasteiger partial charge >= 0.3 is 0 Å². The van der Waals surface area contributed by atoms with Crippen molar-refractivity contribution in [1.29, 1.82) is 0 Å². The lowest BCUT2D eigenvalue weighted by atomic mass is 10.5. The predicted molar refractivity (Wildman–Crippen MR) is 58.9 cm³/mol. The van der Waals surface area contributed by atoms with Gasteiger partial charge in [0.2, 0.25) is 10.0 Å².